The number of benzene rings is 7. The molecule has 4 unspecified atom stereocenters. The van der Waals surface area contributed by atoms with Crippen LogP contribution in [0.25, 0.3) is 32.7 Å². The summed E-state index contributed by atoms with van der Waals surface area (Å²) >= 11 is 3.36. The van der Waals surface area contributed by atoms with Crippen LogP contribution in [0.3, 0.4) is 0 Å². The number of amides is 7. The van der Waals surface area contributed by atoms with Crippen LogP contribution in [0.5, 0.6) is 0 Å². The molecule has 704 valence electrons. The zero-order chi connectivity index (χ0) is 95.7. The number of hydrogen-bond acceptors (Lipinski definition) is 22. The summed E-state index contributed by atoms with van der Waals surface area (Å²) in [5.41, 5.74) is 21.2. The number of ether oxygens (including phenoxy) is 5. The first-order valence-electron chi connectivity index (χ1n) is 44.6. The molecule has 7 aromatic carbocycles. The summed E-state index contributed by atoms with van der Waals surface area (Å²) in [4.78, 5) is 160. The van der Waals surface area contributed by atoms with Crippen molar-refractivity contribution < 1.29 is 101 Å². The number of esters is 3. The highest BCUT2D eigenvalue weighted by Crippen LogP contribution is 2.52. The minimum Gasteiger partial charge on any atom is -0.480 e. The average Bonchev–Trinajstić information content (AvgIpc) is 1.56. The van der Waals surface area contributed by atoms with Crippen molar-refractivity contribution in [2.24, 2.45) is 46.8 Å². The molecular weight excluding hydrogens is 1790 g/mol. The molecular formula is C98H109BrN14O21. The normalized spacial score (nSPS) is 23.2. The smallest absolute Gasteiger partial charge is 0.411 e. The summed E-state index contributed by atoms with van der Waals surface area (Å²) in [7, 11) is 0. The number of carbonyl (C=O) groups excluding carboxylic acids is 10. The maximum absolute atomic E-state index is 13.2. The predicted molar refractivity (Wildman–Crippen MR) is 490 cm³/mol. The van der Waals surface area contributed by atoms with E-state index in [1.54, 1.807) is 97.3 Å². The lowest BCUT2D eigenvalue weighted by Crippen LogP contribution is -2.46. The van der Waals surface area contributed by atoms with Gasteiger partial charge in [-0.25, -0.2) is 28.8 Å². The maximum atomic E-state index is 13.2. The van der Waals surface area contributed by atoms with Gasteiger partial charge in [0.1, 0.15) is 80.9 Å². The van der Waals surface area contributed by atoms with Gasteiger partial charge in [-0.1, -0.05) is 192 Å². The summed E-state index contributed by atoms with van der Waals surface area (Å²) in [5.74, 6) is -4.08. The first-order valence-corrected chi connectivity index (χ1v) is 45.7. The Morgan fingerprint density at radius 3 is 0.985 bits per heavy atom. The fourth-order valence-corrected chi connectivity index (χ4v) is 18.3. The van der Waals surface area contributed by atoms with E-state index in [4.69, 9.17) is 51.1 Å². The van der Waals surface area contributed by atoms with Gasteiger partial charge in [-0.3, -0.25) is 57.4 Å². The number of carboxylic acids is 3. The van der Waals surface area contributed by atoms with Gasteiger partial charge in [0.05, 0.1) is 16.6 Å². The lowest BCUT2D eigenvalue weighted by molar-refractivity contribution is -0.155. The number of aromatic nitrogens is 6. The van der Waals surface area contributed by atoms with Crippen molar-refractivity contribution >= 4 is 126 Å². The van der Waals surface area contributed by atoms with Gasteiger partial charge in [0.2, 0.25) is 11.8 Å². The van der Waals surface area contributed by atoms with Gasteiger partial charge in [0.15, 0.2) is 17.1 Å². The first-order chi connectivity index (χ1) is 64.0. The van der Waals surface area contributed by atoms with Crippen LogP contribution in [0.15, 0.2) is 194 Å². The Morgan fingerprint density at radius 2 is 0.664 bits per heavy atom. The van der Waals surface area contributed by atoms with E-state index in [9.17, 15) is 67.4 Å². The second kappa shape index (κ2) is 41.5. The number of nitrogens with two attached hydrogens (primary N) is 3. The van der Waals surface area contributed by atoms with Crippen LogP contribution < -0.4 is 22.5 Å². The molecule has 5 aliphatic carbocycles. The van der Waals surface area contributed by atoms with Crippen LogP contribution in [-0.2, 0) is 107 Å². The number of likely N-dealkylation sites (tertiary alicyclic amines) is 4. The maximum Gasteiger partial charge on any atom is 0.411 e. The minimum atomic E-state index is -1.02. The molecule has 134 heavy (non-hydrogen) atoms. The van der Waals surface area contributed by atoms with Crippen molar-refractivity contribution in [2.45, 2.75) is 222 Å². The third kappa shape index (κ3) is 23.9. The zero-order valence-electron chi connectivity index (χ0n) is 74.9. The standard InChI is InChI=1S/C23H22N4O4.C18H23NO4.C16H16N4O4.C13H15NO2.C11H17NO4.C10H9N3O3.C7H7Br/c24-22(29)21-16-8-4-5-9-17(16)26(25-21)12-20(28)27-18-10-15(18)11-19(27)23(30)31-13-14-6-2-1-3-7-14;1-18(2,3)23-17(21)19-14-9-13(14)10-15(19)16(20)22-11-12-7-5-4-6-8-12;17-15(22)14-9-3-1-2-4-10(9)19(18-14)7-13(21)20-11-5-8(11)6-12(20)16(23)24;15-13(12-7-10-6-11(10)14-12)16-8-9-4-2-1-3-5-9;1-11(2,3)16-10(15)12-7-4-6(7)5-8(12)9(13)14;11-10(16)9-6-3-1-2-4-7(6)13(12-9)5-8(14)15;8-6-7-4-2-1-3-5-7/h1-9,15,18-19H,10-13H2,(H2,24,29);4-8,13-15H,9-11H2,1-3H3;1-4,8,11-12H,5-7H2,(H2,17,22)(H,23,24);1-5,10-12,14H,6-8H2;6-8H,4-5H2,1-3H3,(H,13,14);1-4H,5H2,(H2,11,16)(H,14,15);1-5H,6H2/t15-,18-,19?;13-,14-,15?;8-,11-,12?;10-,11-,12?;6-,7-,8+;;/m11111../s1. The van der Waals surface area contributed by atoms with E-state index in [-0.39, 0.29) is 110 Å². The predicted octanol–water partition coefficient (Wildman–Crippen LogP) is 11.0. The zero-order valence-corrected chi connectivity index (χ0v) is 76.5. The topological polar surface area (TPSA) is 485 Å². The number of para-hydroxylation sites is 3. The van der Waals surface area contributed by atoms with Crippen molar-refractivity contribution in [1.82, 2.24) is 54.3 Å². The van der Waals surface area contributed by atoms with Crippen molar-refractivity contribution in [2.75, 3.05) is 0 Å². The monoisotopic (exact) mass is 1900 g/mol. The molecule has 10 aromatic rings. The summed E-state index contributed by atoms with van der Waals surface area (Å²) in [5, 5.41) is 45.3. The number of fused-ring (bicyclic) bond motifs is 8. The third-order valence-corrected chi connectivity index (χ3v) is 25.3. The number of piperidine rings is 5. The fraction of sp³-hybridized carbons (Fsp3) is 0.408. The Labute approximate surface area is 779 Å². The molecule has 36 heteroatoms. The molecule has 8 heterocycles. The largest absolute Gasteiger partial charge is 0.480 e. The Balaban J connectivity index is 0.000000129. The van der Waals surface area contributed by atoms with Crippen LogP contribution in [0.1, 0.15) is 159 Å². The quantitative estimate of drug-likeness (QED) is 0.0200. The second-order valence-electron chi connectivity index (χ2n) is 36.8. The molecule has 20 rings (SSSR count). The molecule has 15 atom stereocenters. The number of carbonyl (C=O) groups is 13. The summed E-state index contributed by atoms with van der Waals surface area (Å²) in [6.07, 6.45) is 7.31. The molecule has 7 amide bonds. The van der Waals surface area contributed by atoms with Crippen LogP contribution in [0.2, 0.25) is 0 Å². The van der Waals surface area contributed by atoms with Gasteiger partial charge in [-0.2, -0.15) is 15.3 Å². The van der Waals surface area contributed by atoms with Crippen LogP contribution in [-0.4, -0.2) is 213 Å². The van der Waals surface area contributed by atoms with Crippen LogP contribution in [0.4, 0.5) is 9.59 Å². The molecule has 10 N–H and O–H groups in total. The first kappa shape index (κ1) is 96.2. The van der Waals surface area contributed by atoms with E-state index in [0.29, 0.717) is 94.7 Å². The highest BCUT2D eigenvalue weighted by molar-refractivity contribution is 9.08. The molecule has 35 nitrogen and oxygen atoms in total. The van der Waals surface area contributed by atoms with E-state index in [1.165, 1.54) is 35.8 Å². The molecule has 0 radical (unpaired) electrons. The molecule has 5 aliphatic heterocycles. The number of carboxylic acid groups (broad SMARTS) is 3. The van der Waals surface area contributed by atoms with Crippen molar-refractivity contribution in [3.63, 3.8) is 0 Å². The molecule has 0 bridgehead atoms. The third-order valence-electron chi connectivity index (χ3n) is 24.7. The van der Waals surface area contributed by atoms with Gasteiger partial charge < -0.3 is 71.3 Å². The minimum absolute atomic E-state index is 0.0241. The lowest BCUT2D eigenvalue weighted by Gasteiger charge is -2.29. The number of alkyl halides is 1. The number of hydrogen-bond donors (Lipinski definition) is 7. The van der Waals surface area contributed by atoms with Crippen molar-refractivity contribution in [3.05, 3.63) is 233 Å². The number of nitrogens with zero attached hydrogens (tertiary/aromatic N) is 10. The lowest BCUT2D eigenvalue weighted by atomic mass is 10.1. The average molecular weight is 1900 g/mol. The number of nitrogens with one attached hydrogen (secondary N) is 1. The molecule has 10 fully saturated rings. The Morgan fingerprint density at radius 1 is 0.366 bits per heavy atom. The van der Waals surface area contributed by atoms with E-state index >= 15 is 0 Å². The molecule has 5 saturated carbocycles. The van der Waals surface area contributed by atoms with E-state index in [0.717, 1.165) is 60.0 Å². The second-order valence-corrected chi connectivity index (χ2v) is 37.4. The Hall–Kier alpha value is -13.9. The number of rotatable bonds is 21. The summed E-state index contributed by atoms with van der Waals surface area (Å²) in [6, 6.07) is 58.4. The number of halogens is 1. The number of primary amides is 3. The fourth-order valence-electron chi connectivity index (χ4n) is 17.9. The molecule has 10 aliphatic rings. The molecule has 3 aromatic heterocycles. The molecule has 0 spiro atoms. The van der Waals surface area contributed by atoms with Crippen LogP contribution in [0, 0.1) is 29.6 Å². The van der Waals surface area contributed by atoms with Gasteiger partial charge in [0, 0.05) is 51.7 Å². The Kier molecular flexibility index (Phi) is 29.8. The van der Waals surface area contributed by atoms with Crippen molar-refractivity contribution in [1.29, 1.82) is 0 Å². The molecule has 5 saturated heterocycles. The SMILES string of the molecule is BrCc1ccccc1.CC(C)(C)OC(=O)N1C(C(=O)OCc2ccccc2)C[C@H]2C[C@H]21.CC(C)(C)OC(=O)N1[C@@H]2C[C@@H]2C[C@H]1C(=O)O.NC(=O)c1nn(CC(=O)N2C(C(=O)O)C[C@H]3C[C@H]32)c2ccccc12.NC(=O)c1nn(CC(=O)N2C(C(=O)OCc3ccccc3)C[C@H]3C[C@H]32)c2ccccc12.NC(=O)c1nn(CC(=O)O)c2ccccc12.O=C(OCc1ccccc1)C1C[C@H]2C[C@H]2N1. The Bertz CT molecular complexity index is 6010. The van der Waals surface area contributed by atoms with Crippen molar-refractivity contribution in [3.8, 4) is 0 Å². The summed E-state index contributed by atoms with van der Waals surface area (Å²) < 4.78 is 31.0. The van der Waals surface area contributed by atoms with E-state index < -0.39 is 83.2 Å². The number of aliphatic carboxylic acids is 3. The van der Waals surface area contributed by atoms with Gasteiger partial charge in [-0.15, -0.1) is 0 Å². The summed E-state index contributed by atoms with van der Waals surface area (Å²) in [6.45, 7) is 11.1. The highest BCUT2D eigenvalue weighted by Gasteiger charge is 2.61. The van der Waals surface area contributed by atoms with Gasteiger partial charge >= 0.3 is 48.0 Å². The van der Waals surface area contributed by atoms with Gasteiger partial charge in [0.25, 0.3) is 17.7 Å². The van der Waals surface area contributed by atoms with Gasteiger partial charge in [-0.05, 0) is 176 Å². The highest BCUT2D eigenvalue weighted by atomic mass is 79.9. The van der Waals surface area contributed by atoms with E-state index in [1.807, 2.05) is 136 Å². The van der Waals surface area contributed by atoms with Crippen LogP contribution >= 0.6 is 15.9 Å². The van der Waals surface area contributed by atoms with E-state index in [2.05, 4.69) is 48.7 Å².